The number of carbonyl (C=O) groups excluding carboxylic acids is 1. The van der Waals surface area contributed by atoms with Crippen molar-refractivity contribution in [3.8, 4) is 11.3 Å². The summed E-state index contributed by atoms with van der Waals surface area (Å²) in [5.41, 5.74) is 2.33. The fourth-order valence-electron chi connectivity index (χ4n) is 3.08. The van der Waals surface area contributed by atoms with Gasteiger partial charge >= 0.3 is 0 Å². The molecule has 0 spiro atoms. The molecule has 0 fully saturated rings. The van der Waals surface area contributed by atoms with Crippen LogP contribution in [0.5, 0.6) is 0 Å². The van der Waals surface area contributed by atoms with Crippen LogP contribution >= 0.6 is 22.9 Å². The summed E-state index contributed by atoms with van der Waals surface area (Å²) >= 11 is 7.36. The number of halogens is 1. The third kappa shape index (κ3) is 3.74. The Morgan fingerprint density at radius 2 is 1.97 bits per heavy atom. The van der Waals surface area contributed by atoms with Crippen LogP contribution in [-0.2, 0) is 4.79 Å². The van der Waals surface area contributed by atoms with Crippen LogP contribution in [0, 0.1) is 0 Å². The molecule has 0 aliphatic carbocycles. The van der Waals surface area contributed by atoms with Crippen molar-refractivity contribution in [1.82, 2.24) is 14.6 Å². The summed E-state index contributed by atoms with van der Waals surface area (Å²) in [5.74, 6) is -0.291. The van der Waals surface area contributed by atoms with Gasteiger partial charge in [0, 0.05) is 22.0 Å². The molecule has 1 amide bonds. The number of fused-ring (bicyclic) bond motifs is 2. The van der Waals surface area contributed by atoms with Crippen molar-refractivity contribution in [3.63, 3.8) is 0 Å². The van der Waals surface area contributed by atoms with Gasteiger partial charge in [0.2, 0.25) is 4.96 Å². The lowest BCUT2D eigenvalue weighted by Crippen LogP contribution is -2.10. The molecule has 0 aliphatic heterocycles. The first kappa shape index (κ1) is 19.2. The van der Waals surface area contributed by atoms with E-state index in [0.717, 1.165) is 11.3 Å². The fourth-order valence-corrected chi connectivity index (χ4v) is 4.04. The van der Waals surface area contributed by atoms with Crippen molar-refractivity contribution in [2.45, 2.75) is 0 Å². The highest BCUT2D eigenvalue weighted by atomic mass is 35.5. The monoisotopic (exact) mass is 448 g/mol. The molecule has 3 heterocycles. The average molecular weight is 449 g/mol. The minimum absolute atomic E-state index is 0.169. The zero-order valence-corrected chi connectivity index (χ0v) is 17.4. The summed E-state index contributed by atoms with van der Waals surface area (Å²) in [4.78, 5) is 29.8. The summed E-state index contributed by atoms with van der Waals surface area (Å²) in [6, 6.07) is 14.3. The highest BCUT2D eigenvalue weighted by Crippen LogP contribution is 2.27. The SMILES string of the molecule is O=C(/C=C/c1coc2ccccc2c1=O)Nc1nc2scc(-c3ccc(Cl)cc3)n2n1. The van der Waals surface area contributed by atoms with E-state index in [4.69, 9.17) is 16.0 Å². The van der Waals surface area contributed by atoms with E-state index in [1.165, 1.54) is 29.8 Å². The number of hydrogen-bond acceptors (Lipinski definition) is 6. The van der Waals surface area contributed by atoms with E-state index in [2.05, 4.69) is 15.4 Å². The summed E-state index contributed by atoms with van der Waals surface area (Å²) in [7, 11) is 0. The van der Waals surface area contributed by atoms with Crippen LogP contribution in [0.25, 0.3) is 33.3 Å². The van der Waals surface area contributed by atoms with Gasteiger partial charge in [-0.05, 0) is 30.3 Å². The second-order valence-corrected chi connectivity index (χ2v) is 7.87. The van der Waals surface area contributed by atoms with Crippen molar-refractivity contribution in [3.05, 3.63) is 87.1 Å². The molecule has 7 nitrogen and oxygen atoms in total. The maximum atomic E-state index is 12.5. The molecule has 1 N–H and O–H groups in total. The van der Waals surface area contributed by atoms with Crippen molar-refractivity contribution in [1.29, 1.82) is 0 Å². The van der Waals surface area contributed by atoms with Crippen molar-refractivity contribution in [2.75, 3.05) is 5.32 Å². The van der Waals surface area contributed by atoms with Crippen LogP contribution in [0.15, 0.2) is 75.5 Å². The van der Waals surface area contributed by atoms with E-state index < -0.39 is 5.91 Å². The number of anilines is 1. The number of benzene rings is 2. The van der Waals surface area contributed by atoms with E-state index in [0.29, 0.717) is 21.0 Å². The second kappa shape index (κ2) is 7.82. The molecular formula is C22H13ClN4O3S. The number of aromatic nitrogens is 3. The Morgan fingerprint density at radius 3 is 2.81 bits per heavy atom. The average Bonchev–Trinajstić information content (AvgIpc) is 3.34. The van der Waals surface area contributed by atoms with Crippen LogP contribution in [0.1, 0.15) is 5.56 Å². The van der Waals surface area contributed by atoms with Gasteiger partial charge in [-0.3, -0.25) is 14.9 Å². The number of hydrogen-bond donors (Lipinski definition) is 1. The number of thiazole rings is 1. The Bertz CT molecular complexity index is 1520. The van der Waals surface area contributed by atoms with Crippen LogP contribution < -0.4 is 10.7 Å². The Morgan fingerprint density at radius 1 is 1.16 bits per heavy atom. The first-order valence-electron chi connectivity index (χ1n) is 9.18. The molecule has 5 aromatic rings. The number of carbonyl (C=O) groups is 1. The van der Waals surface area contributed by atoms with Crippen LogP contribution in [0.3, 0.4) is 0 Å². The van der Waals surface area contributed by atoms with E-state index in [1.54, 1.807) is 40.9 Å². The van der Waals surface area contributed by atoms with E-state index in [9.17, 15) is 9.59 Å². The summed E-state index contributed by atoms with van der Waals surface area (Å²) in [6.45, 7) is 0. The van der Waals surface area contributed by atoms with E-state index in [1.807, 2.05) is 17.5 Å². The fraction of sp³-hybridized carbons (Fsp3) is 0. The topological polar surface area (TPSA) is 89.5 Å². The molecule has 0 saturated carbocycles. The normalized spacial score (nSPS) is 11.5. The molecule has 3 aromatic heterocycles. The molecule has 0 radical (unpaired) electrons. The summed E-state index contributed by atoms with van der Waals surface area (Å²) < 4.78 is 7.11. The molecule has 31 heavy (non-hydrogen) atoms. The predicted molar refractivity (Wildman–Crippen MR) is 121 cm³/mol. The smallest absolute Gasteiger partial charge is 0.250 e. The van der Waals surface area contributed by atoms with Gasteiger partial charge in [0.25, 0.3) is 11.9 Å². The van der Waals surface area contributed by atoms with Gasteiger partial charge in [-0.15, -0.1) is 16.4 Å². The van der Waals surface area contributed by atoms with E-state index >= 15 is 0 Å². The first-order valence-corrected chi connectivity index (χ1v) is 10.4. The van der Waals surface area contributed by atoms with Gasteiger partial charge in [0.05, 0.1) is 16.6 Å². The number of nitrogens with one attached hydrogen (secondary N) is 1. The predicted octanol–water partition coefficient (Wildman–Crippen LogP) is 4.87. The molecule has 152 valence electrons. The Balaban J connectivity index is 1.36. The molecule has 0 bridgehead atoms. The standard InChI is InChI=1S/C22H13ClN4O3S/c23-15-8-5-13(6-9-15)17-12-31-22-25-21(26-27(17)22)24-19(28)10-7-14-11-30-18-4-2-1-3-16(18)20(14)29/h1-12H,(H,24,26,28)/b10-7+. The Labute approximate surface area is 184 Å². The van der Waals surface area contributed by atoms with Gasteiger partial charge < -0.3 is 4.42 Å². The zero-order chi connectivity index (χ0) is 21.4. The van der Waals surface area contributed by atoms with Crippen LogP contribution in [-0.4, -0.2) is 20.5 Å². The molecule has 5 rings (SSSR count). The van der Waals surface area contributed by atoms with Crippen molar-refractivity contribution < 1.29 is 9.21 Å². The molecule has 0 aliphatic rings. The molecule has 9 heteroatoms. The summed E-state index contributed by atoms with van der Waals surface area (Å²) in [5, 5.41) is 10.0. The van der Waals surface area contributed by atoms with Crippen molar-refractivity contribution >= 4 is 56.8 Å². The maximum Gasteiger partial charge on any atom is 0.250 e. The summed E-state index contributed by atoms with van der Waals surface area (Å²) in [6.07, 6.45) is 3.99. The number of para-hydroxylation sites is 1. The Hall–Kier alpha value is -3.75. The number of nitrogens with zero attached hydrogens (tertiary/aromatic N) is 3. The van der Waals surface area contributed by atoms with Gasteiger partial charge in [0.1, 0.15) is 11.8 Å². The maximum absolute atomic E-state index is 12.5. The third-order valence-electron chi connectivity index (χ3n) is 4.58. The lowest BCUT2D eigenvalue weighted by Gasteiger charge is -1.99. The minimum Gasteiger partial charge on any atom is -0.463 e. The first-order chi connectivity index (χ1) is 15.1. The zero-order valence-electron chi connectivity index (χ0n) is 15.8. The number of rotatable bonds is 4. The van der Waals surface area contributed by atoms with E-state index in [-0.39, 0.29) is 16.9 Å². The van der Waals surface area contributed by atoms with Gasteiger partial charge in [-0.1, -0.05) is 35.9 Å². The number of amides is 1. The van der Waals surface area contributed by atoms with Gasteiger partial charge in [0.15, 0.2) is 5.43 Å². The van der Waals surface area contributed by atoms with Crippen LogP contribution in [0.2, 0.25) is 5.02 Å². The van der Waals surface area contributed by atoms with Gasteiger partial charge in [-0.2, -0.15) is 4.98 Å². The lowest BCUT2D eigenvalue weighted by molar-refractivity contribution is -0.111. The molecule has 0 saturated heterocycles. The molecule has 0 atom stereocenters. The highest BCUT2D eigenvalue weighted by molar-refractivity contribution is 7.15. The minimum atomic E-state index is -0.459. The highest BCUT2D eigenvalue weighted by Gasteiger charge is 2.13. The molecule has 0 unspecified atom stereocenters. The molecule has 2 aromatic carbocycles. The largest absolute Gasteiger partial charge is 0.463 e. The second-order valence-electron chi connectivity index (χ2n) is 6.60. The Kier molecular flexibility index (Phi) is 4.85. The third-order valence-corrected chi connectivity index (χ3v) is 5.65. The van der Waals surface area contributed by atoms with Crippen molar-refractivity contribution in [2.24, 2.45) is 0 Å². The lowest BCUT2D eigenvalue weighted by atomic mass is 10.1. The van der Waals surface area contributed by atoms with Crippen LogP contribution in [0.4, 0.5) is 5.95 Å². The van der Waals surface area contributed by atoms with Gasteiger partial charge in [-0.25, -0.2) is 4.52 Å². The quantitative estimate of drug-likeness (QED) is 0.396. The molecular weight excluding hydrogens is 436 g/mol.